The molecule has 0 aromatic carbocycles. The first-order valence-electron chi connectivity index (χ1n) is 8.07. The Hall–Kier alpha value is -1.79. The Bertz CT molecular complexity index is 618. The van der Waals surface area contributed by atoms with Crippen LogP contribution in [0.15, 0.2) is 34.9 Å². The van der Waals surface area contributed by atoms with E-state index in [1.165, 1.54) is 30.6 Å². The summed E-state index contributed by atoms with van der Waals surface area (Å²) in [6.45, 7) is 0.466. The van der Waals surface area contributed by atoms with E-state index >= 15 is 0 Å². The maximum absolute atomic E-state index is 11.9. The number of aliphatic hydroxyl groups is 1. The Morgan fingerprint density at radius 2 is 2.13 bits per heavy atom. The summed E-state index contributed by atoms with van der Waals surface area (Å²) in [7, 11) is 0. The van der Waals surface area contributed by atoms with Crippen LogP contribution < -0.4 is 10.6 Å². The third-order valence-electron chi connectivity index (χ3n) is 4.13. The number of hydrogen-bond donors (Lipinski definition) is 3. The van der Waals surface area contributed by atoms with Crippen molar-refractivity contribution in [1.82, 2.24) is 10.6 Å². The predicted molar refractivity (Wildman–Crippen MR) is 89.3 cm³/mol. The zero-order chi connectivity index (χ0) is 16.1. The van der Waals surface area contributed by atoms with Gasteiger partial charge in [-0.05, 0) is 37.1 Å². The minimum absolute atomic E-state index is 0.113. The van der Waals surface area contributed by atoms with Gasteiger partial charge >= 0.3 is 6.03 Å². The Morgan fingerprint density at radius 1 is 1.30 bits per heavy atom. The Morgan fingerprint density at radius 3 is 2.87 bits per heavy atom. The van der Waals surface area contributed by atoms with Crippen LogP contribution in [0, 0.1) is 0 Å². The number of nitrogens with one attached hydrogen (secondary N) is 2. The molecular weight excluding hydrogens is 312 g/mol. The average Bonchev–Trinajstić information content (AvgIpc) is 3.25. The van der Waals surface area contributed by atoms with Crippen LogP contribution in [0.4, 0.5) is 4.79 Å². The number of rotatable bonds is 5. The summed E-state index contributed by atoms with van der Waals surface area (Å²) in [5, 5.41) is 16.1. The summed E-state index contributed by atoms with van der Waals surface area (Å²) in [5.41, 5.74) is 0. The number of aliphatic hydroxyl groups excluding tert-OH is 1. The molecule has 1 saturated carbocycles. The molecule has 0 spiro atoms. The standard InChI is InChI=1S/C17H22N2O3S/c20-16(14-7-4-10-22-14)15-9-8-13(23-15)11-18-17(21)19-12-5-2-1-3-6-12/h4,7-10,12,16,20H,1-3,5-6,11H2,(H2,18,19,21). The molecule has 1 aliphatic rings. The molecule has 3 rings (SSSR count). The second kappa shape index (κ2) is 7.66. The highest BCUT2D eigenvalue weighted by molar-refractivity contribution is 7.12. The Balaban J connectivity index is 1.48. The van der Waals surface area contributed by atoms with Gasteiger partial charge in [0.15, 0.2) is 0 Å². The van der Waals surface area contributed by atoms with Crippen LogP contribution in [-0.4, -0.2) is 17.2 Å². The smallest absolute Gasteiger partial charge is 0.315 e. The van der Waals surface area contributed by atoms with E-state index in [9.17, 15) is 9.90 Å². The summed E-state index contributed by atoms with van der Waals surface area (Å²) in [5.74, 6) is 0.529. The Labute approximate surface area is 139 Å². The van der Waals surface area contributed by atoms with E-state index in [2.05, 4.69) is 10.6 Å². The van der Waals surface area contributed by atoms with Gasteiger partial charge in [0.25, 0.3) is 0 Å². The molecule has 6 heteroatoms. The fraction of sp³-hybridized carbons (Fsp3) is 0.471. The first kappa shape index (κ1) is 16.1. The summed E-state index contributed by atoms with van der Waals surface area (Å²) in [6.07, 6.45) is 6.62. The summed E-state index contributed by atoms with van der Waals surface area (Å²) in [4.78, 5) is 13.7. The van der Waals surface area contributed by atoms with Crippen LogP contribution in [0.25, 0.3) is 0 Å². The molecule has 0 radical (unpaired) electrons. The van der Waals surface area contributed by atoms with Crippen LogP contribution in [0.2, 0.25) is 0 Å². The fourth-order valence-electron chi connectivity index (χ4n) is 2.87. The van der Waals surface area contributed by atoms with E-state index in [0.29, 0.717) is 18.3 Å². The number of carbonyl (C=O) groups is 1. The van der Waals surface area contributed by atoms with Crippen LogP contribution in [-0.2, 0) is 6.54 Å². The van der Waals surface area contributed by atoms with E-state index < -0.39 is 6.10 Å². The highest BCUT2D eigenvalue weighted by Crippen LogP contribution is 2.28. The molecule has 5 nitrogen and oxygen atoms in total. The second-order valence-corrected chi connectivity index (χ2v) is 7.08. The van der Waals surface area contributed by atoms with Crippen LogP contribution in [0.5, 0.6) is 0 Å². The molecule has 1 atom stereocenters. The zero-order valence-electron chi connectivity index (χ0n) is 13.0. The molecule has 2 amide bonds. The number of furan rings is 1. The molecule has 1 fully saturated rings. The SMILES string of the molecule is O=C(NCc1ccc(C(O)c2ccco2)s1)NC1CCCCC1. The molecule has 1 unspecified atom stereocenters. The minimum Gasteiger partial charge on any atom is -0.466 e. The number of thiophene rings is 1. The van der Waals surface area contributed by atoms with Crippen molar-refractivity contribution < 1.29 is 14.3 Å². The lowest BCUT2D eigenvalue weighted by molar-refractivity contribution is 0.193. The lowest BCUT2D eigenvalue weighted by atomic mass is 9.96. The number of hydrogen-bond acceptors (Lipinski definition) is 4. The number of carbonyl (C=O) groups excluding carboxylic acids is 1. The van der Waals surface area contributed by atoms with Crippen molar-refractivity contribution in [2.24, 2.45) is 0 Å². The van der Waals surface area contributed by atoms with Gasteiger partial charge in [-0.15, -0.1) is 11.3 Å². The van der Waals surface area contributed by atoms with Gasteiger partial charge in [0.1, 0.15) is 11.9 Å². The number of amides is 2. The third-order valence-corrected chi connectivity index (χ3v) is 5.27. The van der Waals surface area contributed by atoms with Gasteiger partial charge in [-0.2, -0.15) is 0 Å². The predicted octanol–water partition coefficient (Wildman–Crippen LogP) is 3.55. The van der Waals surface area contributed by atoms with Crippen molar-refractivity contribution in [3.05, 3.63) is 46.0 Å². The van der Waals surface area contributed by atoms with Crippen LogP contribution in [0.3, 0.4) is 0 Å². The topological polar surface area (TPSA) is 74.5 Å². The van der Waals surface area contributed by atoms with E-state index in [1.807, 2.05) is 12.1 Å². The summed E-state index contributed by atoms with van der Waals surface area (Å²) >= 11 is 1.47. The second-order valence-electron chi connectivity index (χ2n) is 5.88. The van der Waals surface area contributed by atoms with Gasteiger partial charge in [0, 0.05) is 15.8 Å². The summed E-state index contributed by atoms with van der Waals surface area (Å²) < 4.78 is 5.22. The van der Waals surface area contributed by atoms with Gasteiger partial charge in [-0.1, -0.05) is 19.3 Å². The first-order chi connectivity index (χ1) is 11.2. The summed E-state index contributed by atoms with van der Waals surface area (Å²) in [6, 6.07) is 7.49. The molecule has 2 aromatic heterocycles. The lowest BCUT2D eigenvalue weighted by Crippen LogP contribution is -2.42. The highest BCUT2D eigenvalue weighted by atomic mass is 32.1. The highest BCUT2D eigenvalue weighted by Gasteiger charge is 2.17. The molecule has 1 aliphatic carbocycles. The van der Waals surface area contributed by atoms with Gasteiger partial charge in [-0.25, -0.2) is 4.79 Å². The van der Waals surface area contributed by atoms with Gasteiger partial charge < -0.3 is 20.2 Å². The van der Waals surface area contributed by atoms with Gasteiger partial charge in [-0.3, -0.25) is 0 Å². The van der Waals surface area contributed by atoms with Gasteiger partial charge in [0.05, 0.1) is 12.8 Å². The van der Waals surface area contributed by atoms with Crippen LogP contribution >= 0.6 is 11.3 Å². The van der Waals surface area contributed by atoms with Crippen molar-refractivity contribution in [2.75, 3.05) is 0 Å². The quantitative estimate of drug-likeness (QED) is 0.783. The third kappa shape index (κ3) is 4.36. The van der Waals surface area contributed by atoms with Crippen molar-refractivity contribution >= 4 is 17.4 Å². The van der Waals surface area contributed by atoms with Crippen molar-refractivity contribution in [1.29, 1.82) is 0 Å². The van der Waals surface area contributed by atoms with Crippen LogP contribution in [0.1, 0.15) is 53.7 Å². The molecule has 124 valence electrons. The monoisotopic (exact) mass is 334 g/mol. The molecular formula is C17H22N2O3S. The number of urea groups is 1. The maximum Gasteiger partial charge on any atom is 0.315 e. The minimum atomic E-state index is -0.750. The zero-order valence-corrected chi connectivity index (χ0v) is 13.8. The van der Waals surface area contributed by atoms with E-state index in [-0.39, 0.29) is 6.03 Å². The van der Waals surface area contributed by atoms with Crippen molar-refractivity contribution in [3.63, 3.8) is 0 Å². The fourth-order valence-corrected chi connectivity index (χ4v) is 3.82. The lowest BCUT2D eigenvalue weighted by Gasteiger charge is -2.22. The molecule has 23 heavy (non-hydrogen) atoms. The largest absolute Gasteiger partial charge is 0.466 e. The molecule has 0 aliphatic heterocycles. The van der Waals surface area contributed by atoms with Crippen molar-refractivity contribution in [2.45, 2.75) is 50.8 Å². The molecule has 0 bridgehead atoms. The van der Waals surface area contributed by atoms with E-state index in [1.54, 1.807) is 18.4 Å². The molecule has 2 heterocycles. The molecule has 3 N–H and O–H groups in total. The van der Waals surface area contributed by atoms with Crippen molar-refractivity contribution in [3.8, 4) is 0 Å². The normalized spacial score (nSPS) is 16.9. The first-order valence-corrected chi connectivity index (χ1v) is 8.88. The van der Waals surface area contributed by atoms with Gasteiger partial charge in [0.2, 0.25) is 0 Å². The average molecular weight is 334 g/mol. The Kier molecular flexibility index (Phi) is 5.35. The van der Waals surface area contributed by atoms with E-state index in [0.717, 1.165) is 22.6 Å². The van der Waals surface area contributed by atoms with E-state index in [4.69, 9.17) is 4.42 Å². The molecule has 0 saturated heterocycles. The maximum atomic E-state index is 11.9. The molecule has 2 aromatic rings.